The predicted octanol–water partition coefficient (Wildman–Crippen LogP) is 3.16. The van der Waals surface area contributed by atoms with Crippen LogP contribution in [0.25, 0.3) is 0 Å². The number of hydrogen-bond donors (Lipinski definition) is 1. The van der Waals surface area contributed by atoms with Crippen molar-refractivity contribution in [2.75, 3.05) is 7.11 Å². The van der Waals surface area contributed by atoms with Crippen molar-refractivity contribution in [3.8, 4) is 0 Å². The first-order valence-corrected chi connectivity index (χ1v) is 5.65. The highest BCUT2D eigenvalue weighted by Gasteiger charge is 2.24. The topological polar surface area (TPSA) is 61.6 Å². The number of benzene rings is 1. The van der Waals surface area contributed by atoms with Crippen LogP contribution in [0.2, 0.25) is 10.0 Å². The normalized spacial score (nSPS) is 14.1. The maximum absolute atomic E-state index is 10.7. The molecule has 0 aliphatic rings. The average molecular weight is 278 g/mol. The summed E-state index contributed by atoms with van der Waals surface area (Å²) in [7, 11) is 1.49. The molecule has 0 aromatic heterocycles. The van der Waals surface area contributed by atoms with Gasteiger partial charge in [-0.1, -0.05) is 35.3 Å². The summed E-state index contributed by atoms with van der Waals surface area (Å²) >= 11 is 12.0. The van der Waals surface area contributed by atoms with Gasteiger partial charge < -0.3 is 15.2 Å². The van der Waals surface area contributed by atoms with Crippen LogP contribution in [0.1, 0.15) is 18.6 Å². The van der Waals surface area contributed by atoms with Crippen LogP contribution < -0.4 is 5.73 Å². The molecule has 0 fully saturated rings. The highest BCUT2D eigenvalue weighted by Crippen LogP contribution is 2.33. The third-order valence-electron chi connectivity index (χ3n) is 2.27. The van der Waals surface area contributed by atoms with Gasteiger partial charge in [0.05, 0.1) is 10.0 Å². The van der Waals surface area contributed by atoms with E-state index in [1.807, 2.05) is 0 Å². The molecule has 0 aliphatic heterocycles. The van der Waals surface area contributed by atoms with Gasteiger partial charge in [-0.2, -0.15) is 0 Å². The number of nitrogens with two attached hydrogens (primary N) is 1. The first kappa shape index (κ1) is 14.1. The fraction of sp³-hybridized carbons (Fsp3) is 0.364. The number of primary amides is 1. The van der Waals surface area contributed by atoms with Crippen molar-refractivity contribution >= 4 is 29.3 Å². The molecule has 0 spiro atoms. The number of carbonyl (C=O) groups excluding carboxylic acids is 1. The smallest absolute Gasteiger partial charge is 0.404 e. The number of carbonyl (C=O) groups is 1. The molecule has 2 N–H and O–H groups in total. The van der Waals surface area contributed by atoms with E-state index < -0.39 is 18.3 Å². The van der Waals surface area contributed by atoms with Gasteiger partial charge in [0, 0.05) is 12.7 Å². The van der Waals surface area contributed by atoms with Gasteiger partial charge in [0.2, 0.25) is 0 Å². The summed E-state index contributed by atoms with van der Waals surface area (Å²) in [5.41, 5.74) is 5.60. The lowest BCUT2D eigenvalue weighted by Gasteiger charge is -2.23. The lowest BCUT2D eigenvalue weighted by Crippen LogP contribution is -2.27. The van der Waals surface area contributed by atoms with Crippen molar-refractivity contribution in [2.24, 2.45) is 5.73 Å². The van der Waals surface area contributed by atoms with Crippen LogP contribution in [-0.4, -0.2) is 19.3 Å². The minimum absolute atomic E-state index is 0.376. The number of amides is 1. The van der Waals surface area contributed by atoms with Crippen LogP contribution >= 0.6 is 23.2 Å². The van der Waals surface area contributed by atoms with Gasteiger partial charge in [-0.25, -0.2) is 4.79 Å². The maximum Gasteiger partial charge on any atom is 0.404 e. The van der Waals surface area contributed by atoms with Gasteiger partial charge in [-0.15, -0.1) is 0 Å². The van der Waals surface area contributed by atoms with Crippen molar-refractivity contribution in [1.29, 1.82) is 0 Å². The summed E-state index contributed by atoms with van der Waals surface area (Å²) in [5.74, 6) is 0. The summed E-state index contributed by atoms with van der Waals surface area (Å²) in [5, 5.41) is 0.790. The Hall–Kier alpha value is -0.970. The minimum atomic E-state index is -0.863. The Morgan fingerprint density at radius 2 is 2.06 bits per heavy atom. The van der Waals surface area contributed by atoms with E-state index in [4.69, 9.17) is 38.4 Å². The maximum atomic E-state index is 10.7. The molecule has 2 atom stereocenters. The van der Waals surface area contributed by atoms with Crippen LogP contribution in [0.5, 0.6) is 0 Å². The standard InChI is InChI=1S/C11H13Cl2NO3/c1-6(17-11(14)15)10(16-2)7-4-3-5-8(12)9(7)13/h3-6,10H,1-2H3,(H2,14,15)/t6-,10+/m1/s1. The molecule has 6 heteroatoms. The van der Waals surface area contributed by atoms with Gasteiger partial charge in [-0.3, -0.25) is 0 Å². The van der Waals surface area contributed by atoms with Gasteiger partial charge in [0.15, 0.2) is 0 Å². The molecule has 0 bridgehead atoms. The van der Waals surface area contributed by atoms with Crippen LogP contribution in [0, 0.1) is 0 Å². The molecule has 0 radical (unpaired) electrons. The highest BCUT2D eigenvalue weighted by molar-refractivity contribution is 6.42. The van der Waals surface area contributed by atoms with E-state index in [-0.39, 0.29) is 0 Å². The molecule has 0 saturated heterocycles. The number of methoxy groups -OCH3 is 1. The SMILES string of the molecule is CO[C@H](c1cccc(Cl)c1Cl)[C@@H](C)OC(N)=O. The molecule has 0 heterocycles. The molecule has 1 aromatic rings. The van der Waals surface area contributed by atoms with E-state index in [0.717, 1.165) is 0 Å². The molecule has 17 heavy (non-hydrogen) atoms. The summed E-state index contributed by atoms with van der Waals surface area (Å²) in [6.07, 6.45) is -1.94. The van der Waals surface area contributed by atoms with E-state index in [9.17, 15) is 4.79 Å². The Morgan fingerprint density at radius 1 is 1.41 bits per heavy atom. The van der Waals surface area contributed by atoms with Gasteiger partial charge in [-0.05, 0) is 13.0 Å². The van der Waals surface area contributed by atoms with Crippen LogP contribution in [0.4, 0.5) is 4.79 Å². The Balaban J connectivity index is 3.01. The molecule has 94 valence electrons. The number of rotatable bonds is 4. The Labute approximate surface area is 110 Å². The Morgan fingerprint density at radius 3 is 2.59 bits per heavy atom. The molecule has 4 nitrogen and oxygen atoms in total. The lowest BCUT2D eigenvalue weighted by molar-refractivity contribution is -0.0120. The van der Waals surface area contributed by atoms with E-state index in [0.29, 0.717) is 15.6 Å². The zero-order valence-electron chi connectivity index (χ0n) is 9.44. The van der Waals surface area contributed by atoms with E-state index in [2.05, 4.69) is 0 Å². The third kappa shape index (κ3) is 3.49. The number of hydrogen-bond acceptors (Lipinski definition) is 3. The van der Waals surface area contributed by atoms with E-state index >= 15 is 0 Å². The zero-order chi connectivity index (χ0) is 13.0. The summed E-state index contributed by atoms with van der Waals surface area (Å²) < 4.78 is 10.1. The Bertz CT molecular complexity index is 412. The lowest BCUT2D eigenvalue weighted by atomic mass is 10.1. The summed E-state index contributed by atoms with van der Waals surface area (Å²) in [4.78, 5) is 10.7. The second-order valence-corrected chi connectivity index (χ2v) is 4.23. The van der Waals surface area contributed by atoms with Crippen LogP contribution in [-0.2, 0) is 9.47 Å². The van der Waals surface area contributed by atoms with Crippen LogP contribution in [0.3, 0.4) is 0 Å². The molecular weight excluding hydrogens is 265 g/mol. The van der Waals surface area contributed by atoms with Crippen molar-refractivity contribution in [3.63, 3.8) is 0 Å². The molecule has 0 unspecified atom stereocenters. The van der Waals surface area contributed by atoms with Gasteiger partial charge >= 0.3 is 6.09 Å². The quantitative estimate of drug-likeness (QED) is 0.920. The second kappa shape index (κ2) is 6.10. The minimum Gasteiger partial charge on any atom is -0.444 e. The summed E-state index contributed by atoms with van der Waals surface area (Å²) in [6.45, 7) is 1.66. The third-order valence-corrected chi connectivity index (χ3v) is 3.10. The second-order valence-electron chi connectivity index (χ2n) is 3.44. The number of halogens is 2. The molecule has 0 aliphatic carbocycles. The molecular formula is C11H13Cl2NO3. The highest BCUT2D eigenvalue weighted by atomic mass is 35.5. The largest absolute Gasteiger partial charge is 0.444 e. The molecule has 1 rings (SSSR count). The molecule has 1 aromatic carbocycles. The van der Waals surface area contributed by atoms with E-state index in [1.165, 1.54) is 7.11 Å². The first-order chi connectivity index (χ1) is 7.97. The first-order valence-electron chi connectivity index (χ1n) is 4.90. The van der Waals surface area contributed by atoms with Crippen molar-refractivity contribution in [1.82, 2.24) is 0 Å². The van der Waals surface area contributed by atoms with Crippen molar-refractivity contribution in [2.45, 2.75) is 19.1 Å². The monoisotopic (exact) mass is 277 g/mol. The van der Waals surface area contributed by atoms with Gasteiger partial charge in [0.1, 0.15) is 12.2 Å². The van der Waals surface area contributed by atoms with Crippen molar-refractivity contribution < 1.29 is 14.3 Å². The van der Waals surface area contributed by atoms with Gasteiger partial charge in [0.25, 0.3) is 0 Å². The molecule has 1 amide bonds. The summed E-state index contributed by atoms with van der Waals surface area (Å²) in [6, 6.07) is 5.16. The number of ether oxygens (including phenoxy) is 2. The van der Waals surface area contributed by atoms with Crippen molar-refractivity contribution in [3.05, 3.63) is 33.8 Å². The van der Waals surface area contributed by atoms with E-state index in [1.54, 1.807) is 25.1 Å². The molecule has 0 saturated carbocycles. The average Bonchev–Trinajstić information content (AvgIpc) is 2.24. The predicted molar refractivity (Wildman–Crippen MR) is 66.3 cm³/mol. The zero-order valence-corrected chi connectivity index (χ0v) is 11.0. The fourth-order valence-corrected chi connectivity index (χ4v) is 1.97. The van der Waals surface area contributed by atoms with Crippen LogP contribution in [0.15, 0.2) is 18.2 Å². The fourth-order valence-electron chi connectivity index (χ4n) is 1.56. The Kier molecular flexibility index (Phi) is 5.05.